The van der Waals surface area contributed by atoms with E-state index in [1.165, 1.54) is 0 Å². The summed E-state index contributed by atoms with van der Waals surface area (Å²) in [5.74, 6) is -0.624. The van der Waals surface area contributed by atoms with Gasteiger partial charge in [-0.2, -0.15) is 13.2 Å². The second-order valence-electron chi connectivity index (χ2n) is 5.35. The molecule has 0 aliphatic carbocycles. The predicted octanol–water partition coefficient (Wildman–Crippen LogP) is 0.866. The molecule has 1 aromatic rings. The molecule has 120 valence electrons. The van der Waals surface area contributed by atoms with E-state index in [2.05, 4.69) is 10.2 Å². The predicted molar refractivity (Wildman–Crippen MR) is 69.4 cm³/mol. The van der Waals surface area contributed by atoms with Crippen LogP contribution in [0, 0.1) is 0 Å². The quantitative estimate of drug-likeness (QED) is 0.874. The molecule has 0 aromatic carbocycles. The normalized spacial score (nSPS) is 19.3. The summed E-state index contributed by atoms with van der Waals surface area (Å²) in [7, 11) is 0. The van der Waals surface area contributed by atoms with Gasteiger partial charge in [-0.1, -0.05) is 0 Å². The zero-order chi connectivity index (χ0) is 15.7. The second-order valence-corrected chi connectivity index (χ2v) is 5.35. The first-order valence-electron chi connectivity index (χ1n) is 6.84. The highest BCUT2D eigenvalue weighted by molar-refractivity contribution is 5.04. The van der Waals surface area contributed by atoms with Crippen molar-refractivity contribution in [3.63, 3.8) is 0 Å². The van der Waals surface area contributed by atoms with Gasteiger partial charge in [-0.25, -0.2) is 0 Å². The van der Waals surface area contributed by atoms with Crippen LogP contribution < -0.4 is 5.73 Å². The molecule has 0 fully saturated rings. The van der Waals surface area contributed by atoms with Crippen LogP contribution in [0.3, 0.4) is 0 Å². The number of rotatable bonds is 5. The summed E-state index contributed by atoms with van der Waals surface area (Å²) < 4.78 is 45.0. The van der Waals surface area contributed by atoms with Crippen LogP contribution in [0.4, 0.5) is 13.2 Å². The van der Waals surface area contributed by atoms with Gasteiger partial charge in [0.05, 0.1) is 18.7 Å². The van der Waals surface area contributed by atoms with Crippen LogP contribution in [0.5, 0.6) is 0 Å². The molecule has 2 heterocycles. The summed E-state index contributed by atoms with van der Waals surface area (Å²) in [5.41, 5.74) is 5.40. The van der Waals surface area contributed by atoms with Gasteiger partial charge in [-0.05, 0) is 13.8 Å². The van der Waals surface area contributed by atoms with Gasteiger partial charge in [0.2, 0.25) is 5.82 Å². The Hall–Kier alpha value is -1.19. The molecule has 0 bridgehead atoms. The molecule has 0 saturated heterocycles. The zero-order valence-electron chi connectivity index (χ0n) is 12.2. The molecule has 1 aromatic heterocycles. The Morgan fingerprint density at radius 1 is 1.29 bits per heavy atom. The number of hydrogen-bond acceptors (Lipinski definition) is 5. The van der Waals surface area contributed by atoms with Gasteiger partial charge in [-0.15, -0.1) is 10.2 Å². The van der Waals surface area contributed by atoms with Gasteiger partial charge < -0.3 is 15.0 Å². The van der Waals surface area contributed by atoms with Gasteiger partial charge in [0.1, 0.15) is 5.82 Å². The minimum absolute atomic E-state index is 0.193. The van der Waals surface area contributed by atoms with E-state index in [4.69, 9.17) is 10.5 Å². The Labute approximate surface area is 121 Å². The third-order valence-corrected chi connectivity index (χ3v) is 3.83. The third-order valence-electron chi connectivity index (χ3n) is 3.83. The highest BCUT2D eigenvalue weighted by Gasteiger charge is 2.41. The largest absolute Gasteiger partial charge is 0.451 e. The standard InChI is InChI=1S/C12H20F3N5O/c1-3-21-8-11(2,7-16)19-4-5-20-9(6-19)17-18-10(20)12(13,14)15/h3-8,16H2,1-2H3. The number of ether oxygens (including phenoxy) is 1. The number of alkyl halides is 3. The van der Waals surface area contributed by atoms with E-state index >= 15 is 0 Å². The Kier molecular flexibility index (Phi) is 4.54. The van der Waals surface area contributed by atoms with Gasteiger partial charge in [-0.3, -0.25) is 4.90 Å². The van der Waals surface area contributed by atoms with Crippen LogP contribution in [-0.2, 0) is 24.0 Å². The number of nitrogens with zero attached hydrogens (tertiary/aromatic N) is 4. The topological polar surface area (TPSA) is 69.2 Å². The molecule has 6 nitrogen and oxygen atoms in total. The minimum Gasteiger partial charge on any atom is -0.380 e. The van der Waals surface area contributed by atoms with Crippen molar-refractivity contribution < 1.29 is 17.9 Å². The minimum atomic E-state index is -4.48. The average molecular weight is 307 g/mol. The summed E-state index contributed by atoms with van der Waals surface area (Å²) in [4.78, 5) is 2.01. The second kappa shape index (κ2) is 5.90. The van der Waals surface area contributed by atoms with Crippen molar-refractivity contribution in [1.29, 1.82) is 0 Å². The Morgan fingerprint density at radius 2 is 2.00 bits per heavy atom. The van der Waals surface area contributed by atoms with Crippen LogP contribution in [0.15, 0.2) is 0 Å². The first kappa shape index (κ1) is 16.2. The smallest absolute Gasteiger partial charge is 0.380 e. The molecule has 0 radical (unpaired) electrons. The fraction of sp³-hybridized carbons (Fsp3) is 0.833. The van der Waals surface area contributed by atoms with Gasteiger partial charge >= 0.3 is 6.18 Å². The highest BCUT2D eigenvalue weighted by Crippen LogP contribution is 2.30. The van der Waals surface area contributed by atoms with Crippen molar-refractivity contribution in [1.82, 2.24) is 19.7 Å². The summed E-state index contributed by atoms with van der Waals surface area (Å²) in [6, 6.07) is 0. The van der Waals surface area contributed by atoms with Crippen molar-refractivity contribution in [2.24, 2.45) is 5.73 Å². The first-order chi connectivity index (χ1) is 9.81. The monoisotopic (exact) mass is 307 g/mol. The van der Waals surface area contributed by atoms with E-state index in [0.29, 0.717) is 32.1 Å². The summed E-state index contributed by atoms with van der Waals surface area (Å²) in [6.45, 7) is 6.11. The number of halogens is 3. The van der Waals surface area contributed by atoms with E-state index in [1.54, 1.807) is 0 Å². The molecule has 9 heteroatoms. The van der Waals surface area contributed by atoms with Gasteiger partial charge in [0, 0.05) is 26.2 Å². The molecule has 0 amide bonds. The maximum atomic E-state index is 12.8. The third kappa shape index (κ3) is 3.19. The maximum absolute atomic E-state index is 12.8. The molecule has 2 N–H and O–H groups in total. The van der Waals surface area contributed by atoms with E-state index in [1.807, 2.05) is 18.7 Å². The van der Waals surface area contributed by atoms with Crippen LogP contribution in [0.2, 0.25) is 0 Å². The highest BCUT2D eigenvalue weighted by atomic mass is 19.4. The Balaban J connectivity index is 2.18. The number of hydrogen-bond donors (Lipinski definition) is 1. The molecular weight excluding hydrogens is 287 g/mol. The number of fused-ring (bicyclic) bond motifs is 1. The Morgan fingerprint density at radius 3 is 2.57 bits per heavy atom. The summed E-state index contributed by atoms with van der Waals surface area (Å²) in [5, 5.41) is 6.94. The zero-order valence-corrected chi connectivity index (χ0v) is 12.2. The van der Waals surface area contributed by atoms with Crippen molar-refractivity contribution in [2.45, 2.75) is 38.7 Å². The molecule has 0 spiro atoms. The van der Waals surface area contributed by atoms with Gasteiger partial charge in [0.25, 0.3) is 0 Å². The summed E-state index contributed by atoms with van der Waals surface area (Å²) >= 11 is 0. The van der Waals surface area contributed by atoms with Crippen LogP contribution >= 0.6 is 0 Å². The Bertz CT molecular complexity index is 490. The van der Waals surface area contributed by atoms with E-state index < -0.39 is 17.5 Å². The molecule has 1 unspecified atom stereocenters. The van der Waals surface area contributed by atoms with Crippen molar-refractivity contribution in [3.05, 3.63) is 11.6 Å². The molecule has 0 saturated carbocycles. The SMILES string of the molecule is CCOCC(C)(CN)N1CCn2c(nnc2C(F)(F)F)C1. The van der Waals surface area contributed by atoms with E-state index in [-0.39, 0.29) is 13.1 Å². The molecule has 1 atom stereocenters. The molecule has 1 aliphatic rings. The summed E-state index contributed by atoms with van der Waals surface area (Å²) in [6.07, 6.45) is -4.48. The number of nitrogens with two attached hydrogens (primary N) is 1. The fourth-order valence-electron chi connectivity index (χ4n) is 2.43. The lowest BCUT2D eigenvalue weighted by Gasteiger charge is -2.42. The molecular formula is C12H20F3N5O. The average Bonchev–Trinajstić information content (AvgIpc) is 2.87. The molecule has 2 rings (SSSR count). The van der Waals surface area contributed by atoms with Crippen molar-refractivity contribution in [2.75, 3.05) is 26.3 Å². The van der Waals surface area contributed by atoms with Crippen LogP contribution in [0.1, 0.15) is 25.5 Å². The van der Waals surface area contributed by atoms with Crippen molar-refractivity contribution >= 4 is 0 Å². The molecule has 1 aliphatic heterocycles. The lowest BCUT2D eigenvalue weighted by molar-refractivity contribution is -0.148. The fourth-order valence-corrected chi connectivity index (χ4v) is 2.43. The van der Waals surface area contributed by atoms with Crippen molar-refractivity contribution in [3.8, 4) is 0 Å². The van der Waals surface area contributed by atoms with Crippen LogP contribution in [0.25, 0.3) is 0 Å². The number of aromatic nitrogens is 3. The lowest BCUT2D eigenvalue weighted by Crippen LogP contribution is -2.57. The lowest BCUT2D eigenvalue weighted by atomic mass is 10.0. The maximum Gasteiger partial charge on any atom is 0.451 e. The van der Waals surface area contributed by atoms with E-state index in [0.717, 1.165) is 4.57 Å². The van der Waals surface area contributed by atoms with Crippen LogP contribution in [-0.4, -0.2) is 51.5 Å². The van der Waals surface area contributed by atoms with Gasteiger partial charge in [0.15, 0.2) is 0 Å². The van der Waals surface area contributed by atoms with E-state index in [9.17, 15) is 13.2 Å². The molecule has 21 heavy (non-hydrogen) atoms. The first-order valence-corrected chi connectivity index (χ1v) is 6.84.